The second-order valence-electron chi connectivity index (χ2n) is 4.70. The third-order valence-corrected chi connectivity index (χ3v) is 3.57. The monoisotopic (exact) mass is 339 g/mol. The summed E-state index contributed by atoms with van der Waals surface area (Å²) in [4.78, 5) is 10.7. The predicted molar refractivity (Wildman–Crippen MR) is 88.1 cm³/mol. The van der Waals surface area contributed by atoms with E-state index in [1.54, 1.807) is 12.1 Å². The first-order valence-corrected chi connectivity index (χ1v) is 7.34. The summed E-state index contributed by atoms with van der Waals surface area (Å²) in [5.74, 6) is -0.586. The van der Waals surface area contributed by atoms with Crippen LogP contribution in [0.4, 0.5) is 5.69 Å². The third-order valence-electron chi connectivity index (χ3n) is 3.01. The molecule has 0 fully saturated rings. The lowest BCUT2D eigenvalue weighted by atomic mass is 10.1. The molecule has 0 spiro atoms. The van der Waals surface area contributed by atoms with E-state index in [2.05, 4.69) is 5.32 Å². The molecule has 0 radical (unpaired) electrons. The molecule has 0 aromatic heterocycles. The van der Waals surface area contributed by atoms with Gasteiger partial charge in [0.05, 0.1) is 16.5 Å². The van der Waals surface area contributed by atoms with Crippen LogP contribution < -0.4 is 10.1 Å². The molecule has 2 rings (SSSR count). The van der Waals surface area contributed by atoms with Gasteiger partial charge in [-0.05, 0) is 35.4 Å². The fourth-order valence-corrected chi connectivity index (χ4v) is 2.64. The smallest absolute Gasteiger partial charge is 0.307 e. The maximum absolute atomic E-state index is 10.7. The molecule has 2 aromatic carbocycles. The summed E-state index contributed by atoms with van der Waals surface area (Å²) in [5.41, 5.74) is 2.48. The minimum absolute atomic E-state index is 0.135. The number of nitrogens with one attached hydrogen (secondary N) is 1. The highest BCUT2D eigenvalue weighted by Gasteiger charge is 2.12. The molecule has 0 saturated carbocycles. The number of aliphatic carboxylic acids is 1. The number of halogens is 2. The molecule has 2 N–H and O–H groups in total. The molecule has 0 atom stereocenters. The van der Waals surface area contributed by atoms with Gasteiger partial charge in [-0.2, -0.15) is 0 Å². The van der Waals surface area contributed by atoms with E-state index in [0.29, 0.717) is 28.0 Å². The van der Waals surface area contributed by atoms with Crippen LogP contribution >= 0.6 is 23.2 Å². The number of carboxylic acids is 1. The maximum Gasteiger partial charge on any atom is 0.307 e. The summed E-state index contributed by atoms with van der Waals surface area (Å²) in [6.45, 7) is 0.313. The predicted octanol–water partition coefficient (Wildman–Crippen LogP) is 4.24. The molecule has 0 aliphatic heterocycles. The molecule has 0 amide bonds. The quantitative estimate of drug-likeness (QED) is 0.826. The van der Waals surface area contributed by atoms with Crippen molar-refractivity contribution in [2.45, 2.75) is 13.0 Å². The van der Waals surface area contributed by atoms with Crippen LogP contribution in [0.15, 0.2) is 36.4 Å². The van der Waals surface area contributed by atoms with Gasteiger partial charge in [0.1, 0.15) is 6.61 Å². The molecular formula is C16H15Cl2NO3. The summed E-state index contributed by atoms with van der Waals surface area (Å²) < 4.78 is 5.67. The number of ether oxygens (including phenoxy) is 1. The number of carbonyl (C=O) groups is 1. The highest BCUT2D eigenvalue weighted by atomic mass is 35.5. The van der Waals surface area contributed by atoms with Crippen LogP contribution in [-0.4, -0.2) is 18.1 Å². The SMILES string of the molecule is CNc1cccc(COc2c(Cl)cc(CC(=O)O)cc2Cl)c1. The molecule has 0 unspecified atom stereocenters. The number of carboxylic acid groups (broad SMARTS) is 1. The normalized spacial score (nSPS) is 10.3. The van der Waals surface area contributed by atoms with E-state index in [9.17, 15) is 4.79 Å². The molecule has 0 heterocycles. The zero-order valence-electron chi connectivity index (χ0n) is 11.9. The van der Waals surface area contributed by atoms with Crippen molar-refractivity contribution in [3.8, 4) is 5.75 Å². The van der Waals surface area contributed by atoms with Gasteiger partial charge in [-0.3, -0.25) is 4.79 Å². The Morgan fingerprint density at radius 1 is 1.18 bits per heavy atom. The molecule has 116 valence electrons. The topological polar surface area (TPSA) is 58.6 Å². The summed E-state index contributed by atoms with van der Waals surface area (Å²) in [6, 6.07) is 10.9. The minimum atomic E-state index is -0.940. The minimum Gasteiger partial charge on any atom is -0.486 e. The molecule has 22 heavy (non-hydrogen) atoms. The van der Waals surface area contributed by atoms with Crippen molar-refractivity contribution in [1.29, 1.82) is 0 Å². The van der Waals surface area contributed by atoms with E-state index in [4.69, 9.17) is 33.0 Å². The number of anilines is 1. The molecule has 0 aliphatic carbocycles. The van der Waals surface area contributed by atoms with E-state index < -0.39 is 5.97 Å². The van der Waals surface area contributed by atoms with E-state index >= 15 is 0 Å². The first-order chi connectivity index (χ1) is 10.5. The van der Waals surface area contributed by atoms with E-state index in [1.807, 2.05) is 31.3 Å². The first kappa shape index (κ1) is 16.5. The van der Waals surface area contributed by atoms with Gasteiger partial charge in [-0.1, -0.05) is 35.3 Å². The standard InChI is InChI=1S/C16H15Cl2NO3/c1-19-12-4-2-3-10(5-12)9-22-16-13(17)6-11(7-14(16)18)8-15(20)21/h2-7,19H,8-9H2,1H3,(H,20,21). The van der Waals surface area contributed by atoms with Crippen LogP contribution in [0.1, 0.15) is 11.1 Å². The number of benzene rings is 2. The van der Waals surface area contributed by atoms with Crippen molar-refractivity contribution < 1.29 is 14.6 Å². The van der Waals surface area contributed by atoms with Gasteiger partial charge < -0.3 is 15.2 Å². The average molecular weight is 340 g/mol. The first-order valence-electron chi connectivity index (χ1n) is 6.59. The lowest BCUT2D eigenvalue weighted by Gasteiger charge is -2.12. The molecule has 0 bridgehead atoms. The van der Waals surface area contributed by atoms with Crippen LogP contribution in [0, 0.1) is 0 Å². The highest BCUT2D eigenvalue weighted by molar-refractivity contribution is 6.37. The third kappa shape index (κ3) is 4.29. The van der Waals surface area contributed by atoms with Crippen molar-refractivity contribution in [2.75, 3.05) is 12.4 Å². The van der Waals surface area contributed by atoms with Crippen LogP contribution in [0.3, 0.4) is 0 Å². The van der Waals surface area contributed by atoms with Gasteiger partial charge in [0.25, 0.3) is 0 Å². The Hall–Kier alpha value is -1.91. The summed E-state index contributed by atoms with van der Waals surface area (Å²) >= 11 is 12.3. The lowest BCUT2D eigenvalue weighted by Crippen LogP contribution is -2.02. The Labute approximate surface area is 138 Å². The fourth-order valence-electron chi connectivity index (χ4n) is 2.00. The summed E-state index contributed by atoms with van der Waals surface area (Å²) in [5, 5.41) is 12.4. The summed E-state index contributed by atoms with van der Waals surface area (Å²) in [7, 11) is 1.84. The lowest BCUT2D eigenvalue weighted by molar-refractivity contribution is -0.136. The van der Waals surface area contributed by atoms with Crippen molar-refractivity contribution in [2.24, 2.45) is 0 Å². The maximum atomic E-state index is 10.7. The largest absolute Gasteiger partial charge is 0.486 e. The number of hydrogen-bond donors (Lipinski definition) is 2. The van der Waals surface area contributed by atoms with Crippen molar-refractivity contribution >= 4 is 34.9 Å². The van der Waals surface area contributed by atoms with Crippen LogP contribution in [0.25, 0.3) is 0 Å². The highest BCUT2D eigenvalue weighted by Crippen LogP contribution is 2.35. The Bertz CT molecular complexity index is 666. The Kier molecular flexibility index (Phi) is 5.52. The van der Waals surface area contributed by atoms with Gasteiger partial charge in [-0.25, -0.2) is 0 Å². The van der Waals surface area contributed by atoms with Gasteiger partial charge in [0.2, 0.25) is 0 Å². The number of hydrogen-bond acceptors (Lipinski definition) is 3. The van der Waals surface area contributed by atoms with Crippen LogP contribution in [0.5, 0.6) is 5.75 Å². The average Bonchev–Trinajstić information content (AvgIpc) is 2.46. The van der Waals surface area contributed by atoms with Gasteiger partial charge in [0.15, 0.2) is 5.75 Å². The summed E-state index contributed by atoms with van der Waals surface area (Å²) in [6.07, 6.45) is -0.135. The van der Waals surface area contributed by atoms with E-state index in [-0.39, 0.29) is 6.42 Å². The van der Waals surface area contributed by atoms with Gasteiger partial charge in [-0.15, -0.1) is 0 Å². The molecule has 0 aliphatic rings. The second kappa shape index (κ2) is 7.38. The molecule has 0 saturated heterocycles. The molecule has 4 nitrogen and oxygen atoms in total. The Morgan fingerprint density at radius 3 is 2.45 bits per heavy atom. The van der Waals surface area contributed by atoms with Crippen molar-refractivity contribution in [1.82, 2.24) is 0 Å². The van der Waals surface area contributed by atoms with Gasteiger partial charge in [0, 0.05) is 12.7 Å². The van der Waals surface area contributed by atoms with E-state index in [0.717, 1.165) is 11.3 Å². The molecular weight excluding hydrogens is 325 g/mol. The fraction of sp³-hybridized carbons (Fsp3) is 0.188. The second-order valence-corrected chi connectivity index (χ2v) is 5.51. The Balaban J connectivity index is 2.14. The van der Waals surface area contributed by atoms with E-state index in [1.165, 1.54) is 0 Å². The van der Waals surface area contributed by atoms with Crippen molar-refractivity contribution in [3.05, 3.63) is 57.6 Å². The Morgan fingerprint density at radius 2 is 1.86 bits per heavy atom. The van der Waals surface area contributed by atoms with Crippen molar-refractivity contribution in [3.63, 3.8) is 0 Å². The zero-order valence-corrected chi connectivity index (χ0v) is 13.4. The number of rotatable bonds is 6. The van der Waals surface area contributed by atoms with Crippen LogP contribution in [-0.2, 0) is 17.8 Å². The zero-order chi connectivity index (χ0) is 16.1. The molecule has 2 aromatic rings. The molecule has 6 heteroatoms. The van der Waals surface area contributed by atoms with Gasteiger partial charge >= 0.3 is 5.97 Å². The van der Waals surface area contributed by atoms with Crippen LogP contribution in [0.2, 0.25) is 10.0 Å².